The molecule has 51 heavy (non-hydrogen) atoms. The average Bonchev–Trinajstić information content (AvgIpc) is 3.92. The molecule has 2 saturated heterocycles. The van der Waals surface area contributed by atoms with E-state index in [0.29, 0.717) is 47.9 Å². The minimum Gasteiger partial charge on any atom is -0.468 e. The Balaban J connectivity index is 1.22. The molecular weight excluding hydrogens is 660 g/mol. The average molecular weight is 700 g/mol. The van der Waals surface area contributed by atoms with Gasteiger partial charge in [-0.2, -0.15) is 8.78 Å². The number of alkyl halides is 2. The molecule has 3 aromatic carbocycles. The first-order valence-corrected chi connectivity index (χ1v) is 17.0. The van der Waals surface area contributed by atoms with Crippen LogP contribution < -0.4 is 4.74 Å². The number of benzene rings is 3. The Morgan fingerprint density at radius 1 is 1.04 bits per heavy atom. The lowest BCUT2D eigenvalue weighted by molar-refractivity contribution is -0.152. The number of imidazole rings is 1. The number of aromatic amines is 1. The van der Waals surface area contributed by atoms with Gasteiger partial charge in [-0.15, -0.1) is 0 Å². The molecule has 2 aliphatic heterocycles. The van der Waals surface area contributed by atoms with E-state index < -0.39 is 18.2 Å². The van der Waals surface area contributed by atoms with Crippen molar-refractivity contribution in [2.24, 2.45) is 0 Å². The van der Waals surface area contributed by atoms with Crippen molar-refractivity contribution in [3.05, 3.63) is 77.2 Å². The van der Waals surface area contributed by atoms with E-state index in [9.17, 15) is 23.5 Å². The third-order valence-corrected chi connectivity index (χ3v) is 10.4. The third kappa shape index (κ3) is 6.19. The van der Waals surface area contributed by atoms with E-state index in [0.717, 1.165) is 58.3 Å². The summed E-state index contributed by atoms with van der Waals surface area (Å²) in [5, 5.41) is 9.62. The molecule has 0 spiro atoms. The van der Waals surface area contributed by atoms with Crippen molar-refractivity contribution in [2.45, 2.75) is 71.2 Å². The predicted octanol–water partition coefficient (Wildman–Crippen LogP) is 8.11. The van der Waals surface area contributed by atoms with Gasteiger partial charge in [-0.3, -0.25) is 14.6 Å². The van der Waals surface area contributed by atoms with Crippen molar-refractivity contribution in [3.8, 4) is 39.6 Å². The maximum Gasteiger partial charge on any atom is 0.407 e. The lowest BCUT2D eigenvalue weighted by Crippen LogP contribution is -2.48. The number of carboxylic acid groups (broad SMARTS) is 1. The molecule has 2 unspecified atom stereocenters. The molecule has 2 aromatic heterocycles. The summed E-state index contributed by atoms with van der Waals surface area (Å²) in [5.41, 5.74) is 6.57. The third-order valence-electron chi connectivity index (χ3n) is 10.4. The molecule has 0 radical (unpaired) electrons. The Hall–Kier alpha value is -5.30. The van der Waals surface area contributed by atoms with Gasteiger partial charge in [0.05, 0.1) is 18.8 Å². The molecule has 11 nitrogen and oxygen atoms in total. The van der Waals surface area contributed by atoms with Crippen LogP contribution in [0.2, 0.25) is 0 Å². The van der Waals surface area contributed by atoms with Gasteiger partial charge in [0.15, 0.2) is 5.58 Å². The van der Waals surface area contributed by atoms with Crippen molar-refractivity contribution in [3.63, 3.8) is 0 Å². The zero-order valence-corrected chi connectivity index (χ0v) is 28.8. The van der Waals surface area contributed by atoms with Gasteiger partial charge in [-0.1, -0.05) is 30.3 Å². The number of rotatable bonds is 9. The molecule has 2 aliphatic rings. The minimum absolute atomic E-state index is 0.0395. The number of aromatic nitrogens is 3. The van der Waals surface area contributed by atoms with Gasteiger partial charge in [0.25, 0.3) is 0 Å². The van der Waals surface area contributed by atoms with E-state index in [2.05, 4.69) is 4.98 Å². The fraction of sp³-hybridized carbons (Fsp3) is 0.368. The highest BCUT2D eigenvalue weighted by molar-refractivity contribution is 5.84. The van der Waals surface area contributed by atoms with E-state index in [1.807, 2.05) is 61.3 Å². The summed E-state index contributed by atoms with van der Waals surface area (Å²) in [5.74, 6) is 0.548. The van der Waals surface area contributed by atoms with Crippen LogP contribution in [-0.4, -0.2) is 74.3 Å². The second-order valence-corrected chi connectivity index (χ2v) is 13.4. The van der Waals surface area contributed by atoms with E-state index in [4.69, 9.17) is 23.9 Å². The monoisotopic (exact) mass is 699 g/mol. The van der Waals surface area contributed by atoms with E-state index >= 15 is 0 Å². The summed E-state index contributed by atoms with van der Waals surface area (Å²) in [6.07, 6.45) is 3.73. The quantitative estimate of drug-likeness (QED) is 0.146. The number of likely N-dealkylation sites (tertiary alicyclic amines) is 2. The molecule has 5 aromatic rings. The number of esters is 1. The van der Waals surface area contributed by atoms with Crippen molar-refractivity contribution >= 4 is 23.2 Å². The number of hydrogen-bond acceptors (Lipinski definition) is 8. The highest BCUT2D eigenvalue weighted by Gasteiger charge is 2.44. The van der Waals surface area contributed by atoms with Gasteiger partial charge in [-0.05, 0) is 87.4 Å². The van der Waals surface area contributed by atoms with Crippen molar-refractivity contribution < 1.29 is 37.4 Å². The van der Waals surface area contributed by atoms with Crippen LogP contribution in [0.5, 0.6) is 5.75 Å². The normalized spacial score (nSPS) is 19.4. The Bertz CT molecular complexity index is 2130. The van der Waals surface area contributed by atoms with Gasteiger partial charge in [0.2, 0.25) is 5.89 Å². The molecular formula is C38H39F2N5O6. The number of H-pyrrole nitrogens is 1. The number of carbonyl (C=O) groups excluding carboxylic acids is 1. The van der Waals surface area contributed by atoms with Gasteiger partial charge in [0.1, 0.15) is 22.6 Å². The second-order valence-electron chi connectivity index (χ2n) is 13.4. The summed E-state index contributed by atoms with van der Waals surface area (Å²) in [6, 6.07) is 14.7. The predicted molar refractivity (Wildman–Crippen MR) is 185 cm³/mol. The smallest absolute Gasteiger partial charge is 0.407 e. The van der Waals surface area contributed by atoms with Crippen LogP contribution in [0.15, 0.2) is 59.1 Å². The summed E-state index contributed by atoms with van der Waals surface area (Å²) in [6.45, 7) is 4.03. The van der Waals surface area contributed by atoms with E-state index in [1.165, 1.54) is 18.1 Å². The number of halogens is 2. The van der Waals surface area contributed by atoms with Crippen molar-refractivity contribution in [2.75, 3.05) is 20.2 Å². The zero-order chi connectivity index (χ0) is 36.0. The highest BCUT2D eigenvalue weighted by Crippen LogP contribution is 2.40. The van der Waals surface area contributed by atoms with Crippen LogP contribution >= 0.6 is 0 Å². The maximum atomic E-state index is 13.6. The Morgan fingerprint density at radius 3 is 2.45 bits per heavy atom. The molecule has 7 rings (SSSR count). The number of nitrogens with zero attached hydrogens (tertiary/aromatic N) is 4. The SMILES string of the molecule is COC(=O)C1(C)CCCN1Cc1cc2nc(-c3cccc(-c4cccc(-c5c[nH]c(C6CCCN6C(=O)O)n5)c4C)c3C)oc2cc1OC(F)F. The summed E-state index contributed by atoms with van der Waals surface area (Å²) in [7, 11) is 1.34. The van der Waals surface area contributed by atoms with Gasteiger partial charge >= 0.3 is 18.7 Å². The molecule has 0 bridgehead atoms. The molecule has 2 N–H and O–H groups in total. The first-order valence-electron chi connectivity index (χ1n) is 17.0. The molecule has 0 aliphatic carbocycles. The number of carbonyl (C=O) groups is 2. The number of hydrogen-bond donors (Lipinski definition) is 2. The first-order chi connectivity index (χ1) is 24.5. The fourth-order valence-electron chi connectivity index (χ4n) is 7.66. The van der Waals surface area contributed by atoms with E-state index in [1.54, 1.807) is 13.0 Å². The highest BCUT2D eigenvalue weighted by atomic mass is 19.3. The molecule has 13 heteroatoms. The van der Waals surface area contributed by atoms with Crippen LogP contribution in [-0.2, 0) is 16.1 Å². The first kappa shape index (κ1) is 34.2. The number of amides is 1. The van der Waals surface area contributed by atoms with Crippen molar-refractivity contribution in [1.82, 2.24) is 24.8 Å². The molecule has 1 amide bonds. The number of nitrogens with one attached hydrogen (secondary N) is 1. The Kier molecular flexibility index (Phi) is 9.00. The number of oxazole rings is 1. The molecule has 2 atom stereocenters. The molecule has 0 saturated carbocycles. The van der Waals surface area contributed by atoms with E-state index in [-0.39, 0.29) is 24.3 Å². The molecule has 266 valence electrons. The van der Waals surface area contributed by atoms with Crippen LogP contribution in [0.4, 0.5) is 13.6 Å². The number of methoxy groups -OCH3 is 1. The fourth-order valence-corrected chi connectivity index (χ4v) is 7.66. The second kappa shape index (κ2) is 13.4. The van der Waals surface area contributed by atoms with Crippen LogP contribution in [0.1, 0.15) is 61.2 Å². The lowest BCUT2D eigenvalue weighted by atomic mass is 9.91. The summed E-state index contributed by atoms with van der Waals surface area (Å²) >= 11 is 0. The van der Waals surface area contributed by atoms with Crippen molar-refractivity contribution in [1.29, 1.82) is 0 Å². The topological polar surface area (TPSA) is 134 Å². The van der Waals surface area contributed by atoms with Crippen LogP contribution in [0, 0.1) is 13.8 Å². The van der Waals surface area contributed by atoms with Gasteiger partial charge in [0, 0.05) is 42.0 Å². The Morgan fingerprint density at radius 2 is 1.75 bits per heavy atom. The van der Waals surface area contributed by atoms with Crippen LogP contribution in [0.3, 0.4) is 0 Å². The Labute approximate surface area is 293 Å². The summed E-state index contributed by atoms with van der Waals surface area (Å²) in [4.78, 5) is 40.6. The number of ether oxygens (including phenoxy) is 2. The van der Waals surface area contributed by atoms with Gasteiger partial charge in [-0.25, -0.2) is 14.8 Å². The maximum absolute atomic E-state index is 13.6. The van der Waals surface area contributed by atoms with Crippen LogP contribution in [0.25, 0.3) is 44.9 Å². The molecule has 2 fully saturated rings. The molecule has 4 heterocycles. The zero-order valence-electron chi connectivity index (χ0n) is 28.8. The minimum atomic E-state index is -3.05. The standard InChI is InChI=1S/C38H39F2N5O6/c1-21-24(9-5-11-26(21)29-19-41-33(42-29)30-13-7-16-45(30)37(47)48)25-10-6-12-27(22(25)2)34-43-28-17-23(31(51-36(39)40)18-32(28)50-34)20-44-15-8-14-38(44,3)35(46)49-4/h5-6,9-12,17-19,30,36H,7-8,13-16,20H2,1-4H3,(H,41,42)(H,47,48). The summed E-state index contributed by atoms with van der Waals surface area (Å²) < 4.78 is 43.3. The number of fused-ring (bicyclic) bond motifs is 1. The largest absolute Gasteiger partial charge is 0.468 e. The van der Waals surface area contributed by atoms with Gasteiger partial charge < -0.3 is 24.0 Å². The lowest BCUT2D eigenvalue weighted by Gasteiger charge is -2.32.